The minimum atomic E-state index is 0.367. The van der Waals surface area contributed by atoms with Crippen molar-refractivity contribution in [3.05, 3.63) is 44.4 Å². The molecule has 0 saturated carbocycles. The summed E-state index contributed by atoms with van der Waals surface area (Å²) < 4.78 is 0. The van der Waals surface area contributed by atoms with E-state index < -0.39 is 0 Å². The van der Waals surface area contributed by atoms with Crippen LogP contribution >= 0.6 is 11.3 Å². The minimum absolute atomic E-state index is 0.367. The first-order valence-corrected chi connectivity index (χ1v) is 9.46. The van der Waals surface area contributed by atoms with Gasteiger partial charge in [0.1, 0.15) is 5.75 Å². The van der Waals surface area contributed by atoms with Crippen molar-refractivity contribution in [1.82, 2.24) is 15.6 Å². The number of guanidine groups is 1. The third-order valence-corrected chi connectivity index (χ3v) is 5.15. The minimum Gasteiger partial charge on any atom is -0.507 e. The van der Waals surface area contributed by atoms with Gasteiger partial charge in [-0.3, -0.25) is 0 Å². The number of aliphatic imine (C=N–C) groups is 1. The van der Waals surface area contributed by atoms with Crippen molar-refractivity contribution in [3.8, 4) is 5.75 Å². The van der Waals surface area contributed by atoms with Gasteiger partial charge in [0, 0.05) is 24.4 Å². The van der Waals surface area contributed by atoms with Gasteiger partial charge >= 0.3 is 0 Å². The van der Waals surface area contributed by atoms with E-state index in [1.54, 1.807) is 11.3 Å². The molecule has 0 fully saturated rings. The van der Waals surface area contributed by atoms with Crippen LogP contribution in [0, 0.1) is 27.7 Å². The number of phenols is 1. The van der Waals surface area contributed by atoms with Crippen molar-refractivity contribution < 1.29 is 5.11 Å². The van der Waals surface area contributed by atoms with Gasteiger partial charge in [0.2, 0.25) is 0 Å². The number of nitrogens with one attached hydrogen (secondary N) is 2. The lowest BCUT2D eigenvalue weighted by Crippen LogP contribution is -2.38. The molecule has 0 saturated heterocycles. The summed E-state index contributed by atoms with van der Waals surface area (Å²) in [6.45, 7) is 12.2. The van der Waals surface area contributed by atoms with E-state index in [0.29, 0.717) is 12.3 Å². The first-order valence-electron chi connectivity index (χ1n) is 8.64. The molecule has 136 valence electrons. The Kier molecular flexibility index (Phi) is 6.82. The van der Waals surface area contributed by atoms with Crippen LogP contribution in [0.15, 0.2) is 17.1 Å². The van der Waals surface area contributed by atoms with Crippen molar-refractivity contribution in [2.24, 2.45) is 4.99 Å². The molecule has 5 nitrogen and oxygen atoms in total. The van der Waals surface area contributed by atoms with Gasteiger partial charge in [0.25, 0.3) is 0 Å². The first kappa shape index (κ1) is 19.2. The number of hydrogen-bond acceptors (Lipinski definition) is 4. The van der Waals surface area contributed by atoms with Crippen LogP contribution < -0.4 is 10.6 Å². The zero-order valence-corrected chi connectivity index (χ0v) is 16.5. The smallest absolute Gasteiger partial charge is 0.191 e. The van der Waals surface area contributed by atoms with E-state index in [9.17, 15) is 5.11 Å². The number of thiazole rings is 1. The Morgan fingerprint density at radius 1 is 1.16 bits per heavy atom. The number of aromatic hydroxyl groups is 1. The lowest BCUT2D eigenvalue weighted by molar-refractivity contribution is 0.466. The maximum Gasteiger partial charge on any atom is 0.191 e. The molecule has 1 aromatic carbocycles. The van der Waals surface area contributed by atoms with Gasteiger partial charge in [-0.2, -0.15) is 0 Å². The van der Waals surface area contributed by atoms with E-state index in [2.05, 4.69) is 41.4 Å². The number of hydrogen-bond donors (Lipinski definition) is 3. The third-order valence-electron chi connectivity index (χ3n) is 4.02. The maximum atomic E-state index is 9.87. The standard InChI is InChI=1S/C19H28N4OS/c1-6-20-19(21-8-7-17-23-14(4)15(5)25-17)22-11-16-9-12(2)18(24)13(3)10-16/h9-10,24H,6-8,11H2,1-5H3,(H2,20,21,22). The van der Waals surface area contributed by atoms with Crippen molar-refractivity contribution in [2.75, 3.05) is 13.1 Å². The van der Waals surface area contributed by atoms with Crippen molar-refractivity contribution in [1.29, 1.82) is 0 Å². The molecule has 3 N–H and O–H groups in total. The number of aromatic nitrogens is 1. The van der Waals surface area contributed by atoms with Crippen LogP contribution in [0.4, 0.5) is 0 Å². The molecule has 0 bridgehead atoms. The molecule has 0 aliphatic rings. The molecule has 25 heavy (non-hydrogen) atoms. The van der Waals surface area contributed by atoms with E-state index in [0.717, 1.165) is 52.9 Å². The molecule has 0 aliphatic carbocycles. The topological polar surface area (TPSA) is 69.5 Å². The summed E-state index contributed by atoms with van der Waals surface area (Å²) in [6, 6.07) is 3.97. The second-order valence-corrected chi connectivity index (χ2v) is 7.49. The predicted molar refractivity (Wildman–Crippen MR) is 106 cm³/mol. The van der Waals surface area contributed by atoms with Crippen molar-refractivity contribution in [2.45, 2.75) is 47.6 Å². The highest BCUT2D eigenvalue weighted by atomic mass is 32.1. The molecule has 1 heterocycles. The fourth-order valence-electron chi connectivity index (χ4n) is 2.58. The van der Waals surface area contributed by atoms with Crippen LogP contribution in [-0.2, 0) is 13.0 Å². The van der Waals surface area contributed by atoms with Crippen LogP contribution in [0.3, 0.4) is 0 Å². The lowest BCUT2D eigenvalue weighted by atomic mass is 10.1. The van der Waals surface area contributed by atoms with Gasteiger partial charge in [0.15, 0.2) is 5.96 Å². The quantitative estimate of drug-likeness (QED) is 0.546. The average molecular weight is 361 g/mol. The zero-order valence-electron chi connectivity index (χ0n) is 15.7. The van der Waals surface area contributed by atoms with E-state index in [4.69, 9.17) is 0 Å². The number of rotatable bonds is 6. The maximum absolute atomic E-state index is 9.87. The number of benzene rings is 1. The second-order valence-electron chi connectivity index (χ2n) is 6.20. The van der Waals surface area contributed by atoms with Crippen LogP contribution in [0.2, 0.25) is 0 Å². The summed E-state index contributed by atoms with van der Waals surface area (Å²) in [5, 5.41) is 17.7. The highest BCUT2D eigenvalue weighted by Gasteiger charge is 2.05. The molecule has 2 rings (SSSR count). The molecule has 0 amide bonds. The van der Waals surface area contributed by atoms with Gasteiger partial charge in [-0.05, 0) is 51.3 Å². The van der Waals surface area contributed by atoms with Gasteiger partial charge in [-0.15, -0.1) is 11.3 Å². The highest BCUT2D eigenvalue weighted by molar-refractivity contribution is 7.11. The number of aryl methyl sites for hydroxylation is 4. The molecular formula is C19H28N4OS. The summed E-state index contributed by atoms with van der Waals surface area (Å²) in [5.74, 6) is 1.17. The number of phenolic OH excluding ortho intramolecular Hbond substituents is 1. The molecule has 1 aromatic heterocycles. The molecule has 0 unspecified atom stereocenters. The zero-order chi connectivity index (χ0) is 18.4. The van der Waals surface area contributed by atoms with E-state index in [-0.39, 0.29) is 0 Å². The third kappa shape index (κ3) is 5.46. The van der Waals surface area contributed by atoms with Gasteiger partial charge in [-0.1, -0.05) is 12.1 Å². The SMILES string of the molecule is CCNC(=NCc1cc(C)c(O)c(C)c1)NCCc1nc(C)c(C)s1. The summed E-state index contributed by atoms with van der Waals surface area (Å²) >= 11 is 1.76. The fourth-order valence-corrected chi connectivity index (χ4v) is 3.52. The van der Waals surface area contributed by atoms with Crippen molar-refractivity contribution >= 4 is 17.3 Å². The van der Waals surface area contributed by atoms with E-state index in [1.807, 2.05) is 26.0 Å². The normalized spacial score (nSPS) is 11.6. The summed E-state index contributed by atoms with van der Waals surface area (Å²) in [7, 11) is 0. The largest absolute Gasteiger partial charge is 0.507 e. The Morgan fingerprint density at radius 3 is 2.40 bits per heavy atom. The Morgan fingerprint density at radius 2 is 1.84 bits per heavy atom. The Labute approximate surface area is 154 Å². The van der Waals surface area contributed by atoms with Crippen LogP contribution in [-0.4, -0.2) is 29.1 Å². The predicted octanol–water partition coefficient (Wildman–Crippen LogP) is 3.38. The van der Waals surface area contributed by atoms with Gasteiger partial charge < -0.3 is 15.7 Å². The monoisotopic (exact) mass is 360 g/mol. The van der Waals surface area contributed by atoms with Gasteiger partial charge in [0.05, 0.1) is 17.2 Å². The molecule has 0 aliphatic heterocycles. The summed E-state index contributed by atoms with van der Waals surface area (Å²) in [6.07, 6.45) is 0.890. The van der Waals surface area contributed by atoms with Crippen LogP contribution in [0.1, 0.15) is 39.2 Å². The average Bonchev–Trinajstić information content (AvgIpc) is 2.88. The molecule has 0 atom stereocenters. The molecule has 0 radical (unpaired) electrons. The first-order chi connectivity index (χ1) is 11.9. The Bertz CT molecular complexity index is 709. The molecule has 2 aromatic rings. The Hall–Kier alpha value is -2.08. The lowest BCUT2D eigenvalue weighted by Gasteiger charge is -2.11. The Balaban J connectivity index is 1.95. The van der Waals surface area contributed by atoms with Crippen molar-refractivity contribution in [3.63, 3.8) is 0 Å². The van der Waals surface area contributed by atoms with Crippen LogP contribution in [0.5, 0.6) is 5.75 Å². The summed E-state index contributed by atoms with van der Waals surface area (Å²) in [5.41, 5.74) is 3.99. The molecular weight excluding hydrogens is 332 g/mol. The van der Waals surface area contributed by atoms with E-state index in [1.165, 1.54) is 4.88 Å². The summed E-state index contributed by atoms with van der Waals surface area (Å²) in [4.78, 5) is 10.5. The number of nitrogens with zero attached hydrogens (tertiary/aromatic N) is 2. The molecule has 6 heteroatoms. The highest BCUT2D eigenvalue weighted by Crippen LogP contribution is 2.23. The van der Waals surface area contributed by atoms with Crippen LogP contribution in [0.25, 0.3) is 0 Å². The second kappa shape index (κ2) is 8.85. The van der Waals surface area contributed by atoms with E-state index >= 15 is 0 Å². The fraction of sp³-hybridized carbons (Fsp3) is 0.474. The molecule has 0 spiro atoms. The van der Waals surface area contributed by atoms with Gasteiger partial charge in [-0.25, -0.2) is 9.98 Å².